The Labute approximate surface area is 173 Å². The number of aromatic nitrogens is 1. The van der Waals surface area contributed by atoms with E-state index >= 15 is 0 Å². The van der Waals surface area contributed by atoms with Gasteiger partial charge >= 0.3 is 0 Å². The van der Waals surface area contributed by atoms with E-state index in [0.29, 0.717) is 0 Å². The highest BCUT2D eigenvalue weighted by atomic mass is 16.5. The molecule has 0 aliphatic heterocycles. The topological polar surface area (TPSA) is 33.6 Å². The molecule has 4 nitrogen and oxygen atoms in total. The van der Waals surface area contributed by atoms with Crippen molar-refractivity contribution in [2.45, 2.75) is 52.5 Å². The molecule has 148 valence electrons. The number of hydrogen-bond acceptors (Lipinski definition) is 3. The van der Waals surface area contributed by atoms with E-state index in [2.05, 4.69) is 71.2 Å². The third-order valence-corrected chi connectivity index (χ3v) is 6.25. The Kier molecular flexibility index (Phi) is 4.92. The van der Waals surface area contributed by atoms with Gasteiger partial charge in [-0.1, -0.05) is 17.3 Å². The standard InChI is InChI=1S/C25H27N3O/c1-6-28(22-12-10-21(11-13-22)25(26-5)14-7-15-25)23-16-20(9-8-17(23)2)24-18(3)27-29-19(24)4/h8-13,16H,6-7,14-15H2,1-4H3. The SMILES string of the molecule is [C-]#[N+]C1(c2ccc(N(CC)c3cc(-c4c(C)noc4C)ccc3C)cc2)CCC1. The molecule has 29 heavy (non-hydrogen) atoms. The van der Waals surface area contributed by atoms with Crippen LogP contribution in [0.1, 0.15) is 48.8 Å². The van der Waals surface area contributed by atoms with Gasteiger partial charge in [0.15, 0.2) is 0 Å². The van der Waals surface area contributed by atoms with Crippen LogP contribution < -0.4 is 4.90 Å². The summed E-state index contributed by atoms with van der Waals surface area (Å²) in [4.78, 5) is 6.27. The molecule has 1 heterocycles. The summed E-state index contributed by atoms with van der Waals surface area (Å²) in [6.07, 6.45) is 3.11. The molecule has 1 saturated carbocycles. The minimum Gasteiger partial charge on any atom is -0.361 e. The third kappa shape index (κ3) is 3.21. The first-order chi connectivity index (χ1) is 14.0. The molecule has 3 aromatic rings. The highest BCUT2D eigenvalue weighted by molar-refractivity contribution is 5.76. The lowest BCUT2D eigenvalue weighted by Crippen LogP contribution is -2.30. The monoisotopic (exact) mass is 385 g/mol. The molecule has 4 rings (SSSR count). The van der Waals surface area contributed by atoms with E-state index in [1.165, 1.54) is 11.3 Å². The van der Waals surface area contributed by atoms with Gasteiger partial charge in [0.1, 0.15) is 5.76 Å². The van der Waals surface area contributed by atoms with Crippen LogP contribution in [0.25, 0.3) is 16.0 Å². The highest BCUT2D eigenvalue weighted by Gasteiger charge is 2.45. The Balaban J connectivity index is 1.71. The van der Waals surface area contributed by atoms with Crippen molar-refractivity contribution >= 4 is 11.4 Å². The zero-order valence-corrected chi connectivity index (χ0v) is 17.6. The van der Waals surface area contributed by atoms with Gasteiger partial charge in [0.25, 0.3) is 5.54 Å². The average molecular weight is 386 g/mol. The van der Waals surface area contributed by atoms with Gasteiger partial charge in [-0.05, 0) is 75.6 Å². The molecule has 2 aromatic carbocycles. The molecule has 0 unspecified atom stereocenters. The smallest absolute Gasteiger partial charge is 0.257 e. The van der Waals surface area contributed by atoms with E-state index in [9.17, 15) is 0 Å². The van der Waals surface area contributed by atoms with Crippen molar-refractivity contribution in [2.24, 2.45) is 0 Å². The highest BCUT2D eigenvalue weighted by Crippen LogP contribution is 2.45. The Morgan fingerprint density at radius 1 is 1.10 bits per heavy atom. The minimum atomic E-state index is -0.283. The Bertz CT molecular complexity index is 1050. The molecule has 0 atom stereocenters. The van der Waals surface area contributed by atoms with Crippen LogP contribution in [0.4, 0.5) is 11.4 Å². The van der Waals surface area contributed by atoms with Crippen LogP contribution in [0.15, 0.2) is 47.0 Å². The zero-order chi connectivity index (χ0) is 20.6. The van der Waals surface area contributed by atoms with Crippen LogP contribution in [0.3, 0.4) is 0 Å². The van der Waals surface area contributed by atoms with E-state index in [-0.39, 0.29) is 5.54 Å². The molecule has 1 fully saturated rings. The predicted octanol–water partition coefficient (Wildman–Crippen LogP) is 6.72. The van der Waals surface area contributed by atoms with Gasteiger partial charge in [-0.3, -0.25) is 0 Å². The molecule has 4 heteroatoms. The number of anilines is 2. The molecule has 0 spiro atoms. The van der Waals surface area contributed by atoms with Crippen molar-refractivity contribution in [1.82, 2.24) is 5.16 Å². The van der Waals surface area contributed by atoms with E-state index in [1.807, 2.05) is 13.8 Å². The molecule has 0 amide bonds. The number of aryl methyl sites for hydroxylation is 3. The number of rotatable bonds is 5. The Hall–Kier alpha value is -3.06. The van der Waals surface area contributed by atoms with Gasteiger partial charge in [0, 0.05) is 41.9 Å². The predicted molar refractivity (Wildman–Crippen MR) is 117 cm³/mol. The molecule has 0 radical (unpaired) electrons. The largest absolute Gasteiger partial charge is 0.361 e. The van der Waals surface area contributed by atoms with Gasteiger partial charge < -0.3 is 14.3 Å². The second kappa shape index (κ2) is 7.40. The maximum Gasteiger partial charge on any atom is 0.257 e. The summed E-state index contributed by atoms with van der Waals surface area (Å²) in [5, 5.41) is 4.11. The number of benzene rings is 2. The van der Waals surface area contributed by atoms with Crippen LogP contribution in [0, 0.1) is 27.3 Å². The fourth-order valence-corrected chi connectivity index (χ4v) is 4.37. The lowest BCUT2D eigenvalue weighted by molar-refractivity contribution is 0.310. The lowest BCUT2D eigenvalue weighted by Gasteiger charge is -2.31. The normalized spacial score (nSPS) is 14.9. The van der Waals surface area contributed by atoms with Gasteiger partial charge in [0.05, 0.1) is 5.69 Å². The van der Waals surface area contributed by atoms with Gasteiger partial charge in [-0.15, -0.1) is 0 Å². The zero-order valence-electron chi connectivity index (χ0n) is 17.6. The van der Waals surface area contributed by atoms with Crippen LogP contribution in [0.5, 0.6) is 0 Å². The molecular weight excluding hydrogens is 358 g/mol. The molecule has 0 bridgehead atoms. The molecule has 0 saturated heterocycles. The number of hydrogen-bond donors (Lipinski definition) is 0. The summed E-state index contributed by atoms with van der Waals surface area (Å²) in [5.74, 6) is 0.842. The van der Waals surface area contributed by atoms with Crippen LogP contribution in [0.2, 0.25) is 0 Å². The minimum absolute atomic E-state index is 0.283. The Morgan fingerprint density at radius 3 is 2.34 bits per heavy atom. The fourth-order valence-electron chi connectivity index (χ4n) is 4.37. The molecule has 1 aromatic heterocycles. The first-order valence-corrected chi connectivity index (χ1v) is 10.3. The summed E-state index contributed by atoms with van der Waals surface area (Å²) in [7, 11) is 0. The maximum absolute atomic E-state index is 7.61. The molecule has 1 aliphatic carbocycles. The summed E-state index contributed by atoms with van der Waals surface area (Å²) in [6.45, 7) is 16.7. The fraction of sp³-hybridized carbons (Fsp3) is 0.360. The maximum atomic E-state index is 7.61. The second-order valence-corrected chi connectivity index (χ2v) is 7.99. The van der Waals surface area contributed by atoms with Gasteiger partial charge in [-0.2, -0.15) is 0 Å². The summed E-state index contributed by atoms with van der Waals surface area (Å²) in [5.41, 5.74) is 7.53. The van der Waals surface area contributed by atoms with Gasteiger partial charge in [0.2, 0.25) is 0 Å². The Morgan fingerprint density at radius 2 is 1.83 bits per heavy atom. The van der Waals surface area contributed by atoms with E-state index < -0.39 is 0 Å². The first kappa shape index (κ1) is 19.3. The van der Waals surface area contributed by atoms with E-state index in [0.717, 1.165) is 59.6 Å². The summed E-state index contributed by atoms with van der Waals surface area (Å²) >= 11 is 0. The van der Waals surface area contributed by atoms with Gasteiger partial charge in [-0.25, -0.2) is 6.57 Å². The van der Waals surface area contributed by atoms with Crippen molar-refractivity contribution in [3.8, 4) is 11.1 Å². The average Bonchev–Trinajstić information content (AvgIpc) is 3.03. The quantitative estimate of drug-likeness (QED) is 0.457. The van der Waals surface area contributed by atoms with Crippen molar-refractivity contribution in [2.75, 3.05) is 11.4 Å². The van der Waals surface area contributed by atoms with Crippen molar-refractivity contribution in [3.05, 3.63) is 76.5 Å². The third-order valence-electron chi connectivity index (χ3n) is 6.25. The first-order valence-electron chi connectivity index (χ1n) is 10.3. The van der Waals surface area contributed by atoms with Crippen molar-refractivity contribution < 1.29 is 4.52 Å². The van der Waals surface area contributed by atoms with Crippen LogP contribution in [-0.2, 0) is 5.54 Å². The van der Waals surface area contributed by atoms with E-state index in [4.69, 9.17) is 11.1 Å². The van der Waals surface area contributed by atoms with Crippen molar-refractivity contribution in [1.29, 1.82) is 0 Å². The second-order valence-electron chi connectivity index (χ2n) is 7.99. The van der Waals surface area contributed by atoms with Crippen LogP contribution >= 0.6 is 0 Å². The molecule has 1 aliphatic rings. The van der Waals surface area contributed by atoms with E-state index in [1.54, 1.807) is 0 Å². The van der Waals surface area contributed by atoms with Crippen LogP contribution in [-0.4, -0.2) is 11.7 Å². The van der Waals surface area contributed by atoms with Crippen molar-refractivity contribution in [3.63, 3.8) is 0 Å². The summed E-state index contributed by atoms with van der Waals surface area (Å²) in [6, 6.07) is 15.1. The summed E-state index contributed by atoms with van der Waals surface area (Å²) < 4.78 is 5.38. The molecule has 0 N–H and O–H groups in total. The molecular formula is C25H27N3O. The number of nitrogens with zero attached hydrogens (tertiary/aromatic N) is 3. The lowest BCUT2D eigenvalue weighted by atomic mass is 9.72.